The van der Waals surface area contributed by atoms with Crippen LogP contribution in [-0.2, 0) is 6.61 Å². The molecule has 0 fully saturated rings. The van der Waals surface area contributed by atoms with Gasteiger partial charge in [0.15, 0.2) is 5.13 Å². The molecule has 0 saturated heterocycles. The highest BCUT2D eigenvalue weighted by Crippen LogP contribution is 2.23. The van der Waals surface area contributed by atoms with Crippen LogP contribution in [0.4, 0.5) is 5.13 Å². The summed E-state index contributed by atoms with van der Waals surface area (Å²) in [7, 11) is 0. The Morgan fingerprint density at radius 1 is 1.29 bits per heavy atom. The lowest BCUT2D eigenvalue weighted by atomic mass is 10.2. The van der Waals surface area contributed by atoms with Gasteiger partial charge in [-0.2, -0.15) is 0 Å². The van der Waals surface area contributed by atoms with E-state index in [-0.39, 0.29) is 5.91 Å². The lowest BCUT2D eigenvalue weighted by Crippen LogP contribution is -2.13. The number of hydrogen-bond donors (Lipinski definition) is 1. The Balaban J connectivity index is 1.76. The molecule has 1 aromatic carbocycles. The first-order valence-electron chi connectivity index (χ1n) is 7.41. The Kier molecular flexibility index (Phi) is 4.61. The lowest BCUT2D eigenvalue weighted by Gasteiger charge is -2.10. The van der Waals surface area contributed by atoms with E-state index < -0.39 is 0 Å². The summed E-state index contributed by atoms with van der Waals surface area (Å²) in [5, 5.41) is 9.15. The van der Waals surface area contributed by atoms with Gasteiger partial charge in [-0.05, 0) is 32.9 Å². The first-order chi connectivity index (χ1) is 11.5. The Labute approximate surface area is 143 Å². The van der Waals surface area contributed by atoms with Gasteiger partial charge in [0, 0.05) is 5.38 Å². The highest BCUT2D eigenvalue weighted by molar-refractivity contribution is 7.13. The minimum absolute atomic E-state index is 0.251. The molecular weight excluding hydrogens is 326 g/mol. The minimum atomic E-state index is -0.251. The Hall–Kier alpha value is -2.67. The van der Waals surface area contributed by atoms with E-state index in [1.54, 1.807) is 18.2 Å². The van der Waals surface area contributed by atoms with Crippen molar-refractivity contribution in [3.8, 4) is 5.75 Å². The van der Waals surface area contributed by atoms with E-state index in [0.29, 0.717) is 28.8 Å². The Bertz CT molecular complexity index is 850. The zero-order valence-corrected chi connectivity index (χ0v) is 14.4. The van der Waals surface area contributed by atoms with Crippen LogP contribution in [-0.4, -0.2) is 16.0 Å². The summed E-state index contributed by atoms with van der Waals surface area (Å²) in [6.07, 6.45) is 0. The van der Waals surface area contributed by atoms with Crippen molar-refractivity contribution in [1.29, 1.82) is 0 Å². The normalized spacial score (nSPS) is 10.6. The summed E-state index contributed by atoms with van der Waals surface area (Å²) in [5.41, 5.74) is 3.00. The smallest absolute Gasteiger partial charge is 0.261 e. The third-order valence-electron chi connectivity index (χ3n) is 3.52. The molecular formula is C17H17N3O3S. The van der Waals surface area contributed by atoms with Gasteiger partial charge in [0.25, 0.3) is 5.91 Å². The first-order valence-corrected chi connectivity index (χ1v) is 8.29. The second-order valence-corrected chi connectivity index (χ2v) is 6.19. The molecule has 2 aromatic heterocycles. The topological polar surface area (TPSA) is 77.2 Å². The number of nitrogens with zero attached hydrogens (tertiary/aromatic N) is 2. The largest absolute Gasteiger partial charge is 0.488 e. The molecule has 24 heavy (non-hydrogen) atoms. The molecule has 7 heteroatoms. The van der Waals surface area contributed by atoms with Gasteiger partial charge < -0.3 is 9.26 Å². The van der Waals surface area contributed by atoms with Crippen molar-refractivity contribution in [2.75, 3.05) is 5.32 Å². The van der Waals surface area contributed by atoms with Crippen LogP contribution in [0.1, 0.15) is 33.1 Å². The van der Waals surface area contributed by atoms with Crippen molar-refractivity contribution in [3.05, 3.63) is 57.9 Å². The van der Waals surface area contributed by atoms with E-state index in [1.807, 2.05) is 32.2 Å². The van der Waals surface area contributed by atoms with Crippen molar-refractivity contribution in [1.82, 2.24) is 10.1 Å². The van der Waals surface area contributed by atoms with Crippen LogP contribution in [0.2, 0.25) is 0 Å². The van der Waals surface area contributed by atoms with E-state index in [1.165, 1.54) is 11.3 Å². The van der Waals surface area contributed by atoms with Gasteiger partial charge in [-0.3, -0.25) is 10.1 Å². The molecule has 0 aliphatic heterocycles. The highest BCUT2D eigenvalue weighted by atomic mass is 32.1. The van der Waals surface area contributed by atoms with Gasteiger partial charge in [-0.15, -0.1) is 11.3 Å². The average Bonchev–Trinajstić information content (AvgIpc) is 3.11. The standard InChI is InChI=1S/C17H17N3O3S/c1-10-9-24-17(18-10)19-16(21)13-6-4-5-7-15(13)22-8-14-11(2)20-23-12(14)3/h4-7,9H,8H2,1-3H3,(H,18,19,21). The van der Waals surface area contributed by atoms with Gasteiger partial charge in [0.05, 0.1) is 22.5 Å². The van der Waals surface area contributed by atoms with E-state index >= 15 is 0 Å². The summed E-state index contributed by atoms with van der Waals surface area (Å²) in [5.74, 6) is 0.967. The van der Waals surface area contributed by atoms with Crippen LogP contribution < -0.4 is 10.1 Å². The van der Waals surface area contributed by atoms with Crippen LogP contribution in [0.5, 0.6) is 5.75 Å². The fourth-order valence-corrected chi connectivity index (χ4v) is 2.90. The highest BCUT2D eigenvalue weighted by Gasteiger charge is 2.15. The van der Waals surface area contributed by atoms with Crippen LogP contribution in [0.3, 0.4) is 0 Å². The maximum Gasteiger partial charge on any atom is 0.261 e. The molecule has 0 aliphatic carbocycles. The van der Waals surface area contributed by atoms with E-state index in [9.17, 15) is 4.79 Å². The average molecular weight is 343 g/mol. The van der Waals surface area contributed by atoms with Crippen molar-refractivity contribution in [2.45, 2.75) is 27.4 Å². The van der Waals surface area contributed by atoms with Crippen molar-refractivity contribution >= 4 is 22.4 Å². The van der Waals surface area contributed by atoms with Crippen LogP contribution >= 0.6 is 11.3 Å². The second kappa shape index (κ2) is 6.84. The number of aromatic nitrogens is 2. The maximum absolute atomic E-state index is 12.5. The number of thiazole rings is 1. The number of nitrogens with one attached hydrogen (secondary N) is 1. The van der Waals surface area contributed by atoms with Crippen LogP contribution in [0, 0.1) is 20.8 Å². The summed E-state index contributed by atoms with van der Waals surface area (Å²) in [6, 6.07) is 7.11. The quantitative estimate of drug-likeness (QED) is 0.760. The van der Waals surface area contributed by atoms with Crippen molar-refractivity contribution in [2.24, 2.45) is 0 Å². The monoisotopic (exact) mass is 343 g/mol. The summed E-state index contributed by atoms with van der Waals surface area (Å²) < 4.78 is 11.0. The molecule has 6 nitrogen and oxygen atoms in total. The molecule has 0 radical (unpaired) electrons. The van der Waals surface area contributed by atoms with Gasteiger partial charge in [0.2, 0.25) is 0 Å². The summed E-state index contributed by atoms with van der Waals surface area (Å²) >= 11 is 1.39. The van der Waals surface area contributed by atoms with Crippen molar-refractivity contribution in [3.63, 3.8) is 0 Å². The van der Waals surface area contributed by atoms with E-state index in [4.69, 9.17) is 9.26 Å². The summed E-state index contributed by atoms with van der Waals surface area (Å²) in [6.45, 7) is 5.87. The first kappa shape index (κ1) is 16.2. The molecule has 124 valence electrons. The second-order valence-electron chi connectivity index (χ2n) is 5.34. The number of rotatable bonds is 5. The van der Waals surface area contributed by atoms with Crippen LogP contribution in [0.25, 0.3) is 0 Å². The van der Waals surface area contributed by atoms with Crippen molar-refractivity contribution < 1.29 is 14.1 Å². The number of anilines is 1. The number of para-hydroxylation sites is 1. The predicted molar refractivity (Wildman–Crippen MR) is 91.6 cm³/mol. The molecule has 1 amide bonds. The van der Waals surface area contributed by atoms with E-state index in [2.05, 4.69) is 15.5 Å². The Morgan fingerprint density at radius 3 is 2.75 bits per heavy atom. The molecule has 0 unspecified atom stereocenters. The molecule has 0 atom stereocenters. The predicted octanol–water partition coefficient (Wildman–Crippen LogP) is 3.89. The molecule has 3 aromatic rings. The SMILES string of the molecule is Cc1csc(NC(=O)c2ccccc2OCc2c(C)noc2C)n1. The third-order valence-corrected chi connectivity index (χ3v) is 4.40. The lowest BCUT2D eigenvalue weighted by molar-refractivity contribution is 0.102. The number of carbonyl (C=O) groups is 1. The Morgan fingerprint density at radius 2 is 2.08 bits per heavy atom. The molecule has 0 bridgehead atoms. The van der Waals surface area contributed by atoms with Gasteiger partial charge in [0.1, 0.15) is 18.1 Å². The zero-order valence-electron chi connectivity index (χ0n) is 13.6. The number of benzene rings is 1. The number of amides is 1. The zero-order chi connectivity index (χ0) is 17.1. The maximum atomic E-state index is 12.5. The third kappa shape index (κ3) is 3.46. The van der Waals surface area contributed by atoms with E-state index in [0.717, 1.165) is 17.0 Å². The van der Waals surface area contributed by atoms with Crippen LogP contribution in [0.15, 0.2) is 34.2 Å². The minimum Gasteiger partial charge on any atom is -0.488 e. The van der Waals surface area contributed by atoms with Gasteiger partial charge in [-0.1, -0.05) is 17.3 Å². The number of ether oxygens (including phenoxy) is 1. The molecule has 3 rings (SSSR count). The number of hydrogen-bond acceptors (Lipinski definition) is 6. The fraction of sp³-hybridized carbons (Fsp3) is 0.235. The fourth-order valence-electron chi connectivity index (χ4n) is 2.21. The van der Waals surface area contributed by atoms with Gasteiger partial charge in [-0.25, -0.2) is 4.98 Å². The molecule has 1 N–H and O–H groups in total. The van der Waals surface area contributed by atoms with Gasteiger partial charge >= 0.3 is 0 Å². The number of aryl methyl sites for hydroxylation is 3. The molecule has 0 spiro atoms. The molecule has 0 saturated carbocycles. The number of carbonyl (C=O) groups excluding carboxylic acids is 1. The molecule has 2 heterocycles. The summed E-state index contributed by atoms with van der Waals surface area (Å²) in [4.78, 5) is 16.7. The molecule has 0 aliphatic rings.